The van der Waals surface area contributed by atoms with E-state index < -0.39 is 36.5 Å². The molecule has 0 aromatic heterocycles. The first-order chi connectivity index (χ1) is 14.9. The number of fused-ring (bicyclic) bond motifs is 3. The van der Waals surface area contributed by atoms with Crippen LogP contribution in [0.5, 0.6) is 0 Å². The number of aliphatic carboxylic acids is 1. The summed E-state index contributed by atoms with van der Waals surface area (Å²) in [6.07, 6.45) is -0.749. The molecule has 0 fully saturated rings. The summed E-state index contributed by atoms with van der Waals surface area (Å²) in [7, 11) is 0. The fourth-order valence-corrected chi connectivity index (χ4v) is 3.40. The molecule has 3 amide bonds. The van der Waals surface area contributed by atoms with E-state index in [1.165, 1.54) is 6.92 Å². The quantitative estimate of drug-likeness (QED) is 0.503. The van der Waals surface area contributed by atoms with E-state index in [1.54, 1.807) is 0 Å². The van der Waals surface area contributed by atoms with Gasteiger partial charge in [-0.2, -0.15) is 0 Å². The van der Waals surface area contributed by atoms with Gasteiger partial charge in [0.05, 0.1) is 6.54 Å². The molecule has 0 radical (unpaired) electrons. The fraction of sp³-hybridized carbons (Fsp3) is 0.273. The number of carbonyl (C=O) groups excluding carboxylic acids is 3. The SMILES string of the molecule is C[C@@H](NC(=O)CNC(=O)CNC(=O)OCC1c2ccccc2-c2ccccc21)C(=O)O. The van der Waals surface area contributed by atoms with E-state index in [4.69, 9.17) is 9.84 Å². The van der Waals surface area contributed by atoms with Gasteiger partial charge in [-0.25, -0.2) is 4.79 Å². The predicted octanol–water partition coefficient (Wildman–Crippen LogP) is 1.23. The molecule has 1 aliphatic carbocycles. The van der Waals surface area contributed by atoms with Crippen LogP contribution in [0.1, 0.15) is 24.0 Å². The highest BCUT2D eigenvalue weighted by Gasteiger charge is 2.29. The van der Waals surface area contributed by atoms with Gasteiger partial charge in [-0.05, 0) is 29.2 Å². The lowest BCUT2D eigenvalue weighted by atomic mass is 9.98. The number of hydrogen-bond donors (Lipinski definition) is 4. The third-order valence-corrected chi connectivity index (χ3v) is 4.93. The van der Waals surface area contributed by atoms with Gasteiger partial charge in [0, 0.05) is 5.92 Å². The van der Waals surface area contributed by atoms with Gasteiger partial charge in [-0.3, -0.25) is 14.4 Å². The molecule has 1 atom stereocenters. The van der Waals surface area contributed by atoms with Crippen LogP contribution in [0.25, 0.3) is 11.1 Å². The van der Waals surface area contributed by atoms with Gasteiger partial charge in [0.15, 0.2) is 0 Å². The molecule has 4 N–H and O–H groups in total. The van der Waals surface area contributed by atoms with Gasteiger partial charge < -0.3 is 25.8 Å². The number of hydrogen-bond acceptors (Lipinski definition) is 5. The normalized spacial score (nSPS) is 12.8. The van der Waals surface area contributed by atoms with E-state index in [2.05, 4.69) is 16.0 Å². The molecule has 31 heavy (non-hydrogen) atoms. The summed E-state index contributed by atoms with van der Waals surface area (Å²) in [4.78, 5) is 46.0. The molecule has 9 heteroatoms. The lowest BCUT2D eigenvalue weighted by molar-refractivity contribution is -0.141. The summed E-state index contributed by atoms with van der Waals surface area (Å²) in [5.41, 5.74) is 4.38. The second-order valence-corrected chi connectivity index (χ2v) is 7.08. The number of nitrogens with one attached hydrogen (secondary N) is 3. The van der Waals surface area contributed by atoms with Crippen LogP contribution >= 0.6 is 0 Å². The van der Waals surface area contributed by atoms with Crippen molar-refractivity contribution in [3.8, 4) is 11.1 Å². The Kier molecular flexibility index (Phi) is 6.86. The lowest BCUT2D eigenvalue weighted by Crippen LogP contribution is -2.46. The Hall–Kier alpha value is -3.88. The zero-order chi connectivity index (χ0) is 22.4. The molecule has 0 spiro atoms. The molecule has 2 aromatic rings. The Balaban J connectivity index is 1.44. The third-order valence-electron chi connectivity index (χ3n) is 4.93. The largest absolute Gasteiger partial charge is 0.480 e. The Morgan fingerprint density at radius 3 is 2.03 bits per heavy atom. The molecule has 0 bridgehead atoms. The minimum absolute atomic E-state index is 0.0908. The van der Waals surface area contributed by atoms with Gasteiger partial charge in [0.1, 0.15) is 19.2 Å². The highest BCUT2D eigenvalue weighted by Crippen LogP contribution is 2.44. The minimum atomic E-state index is -1.18. The van der Waals surface area contributed by atoms with Crippen LogP contribution < -0.4 is 16.0 Å². The highest BCUT2D eigenvalue weighted by atomic mass is 16.5. The van der Waals surface area contributed by atoms with Crippen LogP contribution in [0.3, 0.4) is 0 Å². The van der Waals surface area contributed by atoms with E-state index in [0.717, 1.165) is 22.3 Å². The molecular weight excluding hydrogens is 402 g/mol. The molecule has 3 rings (SSSR count). The summed E-state index contributed by atoms with van der Waals surface area (Å²) in [6.45, 7) is 0.652. The van der Waals surface area contributed by atoms with Crippen molar-refractivity contribution in [1.29, 1.82) is 0 Å². The number of ether oxygens (including phenoxy) is 1. The fourth-order valence-electron chi connectivity index (χ4n) is 3.40. The van der Waals surface area contributed by atoms with Crippen LogP contribution in [0, 0.1) is 0 Å². The van der Waals surface area contributed by atoms with Gasteiger partial charge in [-0.15, -0.1) is 0 Å². The van der Waals surface area contributed by atoms with Crippen molar-refractivity contribution >= 4 is 23.9 Å². The van der Waals surface area contributed by atoms with Gasteiger partial charge in [-0.1, -0.05) is 48.5 Å². The first kappa shape index (κ1) is 21.8. The Labute approximate surface area is 178 Å². The summed E-state index contributed by atoms with van der Waals surface area (Å²) >= 11 is 0. The van der Waals surface area contributed by atoms with Crippen molar-refractivity contribution in [2.45, 2.75) is 18.9 Å². The molecule has 9 nitrogen and oxygen atoms in total. The summed E-state index contributed by atoms with van der Waals surface area (Å²) in [5.74, 6) is -2.53. The molecule has 0 unspecified atom stereocenters. The average Bonchev–Trinajstić information content (AvgIpc) is 3.08. The molecule has 0 heterocycles. The molecular formula is C22H23N3O6. The second-order valence-electron chi connectivity index (χ2n) is 7.08. The topological polar surface area (TPSA) is 134 Å². The molecule has 162 valence electrons. The summed E-state index contributed by atoms with van der Waals surface area (Å²) < 4.78 is 5.32. The number of rotatable bonds is 8. The minimum Gasteiger partial charge on any atom is -0.480 e. The van der Waals surface area contributed by atoms with Crippen molar-refractivity contribution in [2.24, 2.45) is 0 Å². The smallest absolute Gasteiger partial charge is 0.407 e. The number of benzene rings is 2. The van der Waals surface area contributed by atoms with E-state index in [9.17, 15) is 19.2 Å². The number of carbonyl (C=O) groups is 4. The van der Waals surface area contributed by atoms with Gasteiger partial charge >= 0.3 is 12.1 Å². The first-order valence-electron chi connectivity index (χ1n) is 9.74. The van der Waals surface area contributed by atoms with Crippen LogP contribution in [0.4, 0.5) is 4.79 Å². The monoisotopic (exact) mass is 425 g/mol. The van der Waals surface area contributed by atoms with Crippen LogP contribution in [-0.2, 0) is 19.1 Å². The zero-order valence-corrected chi connectivity index (χ0v) is 16.9. The molecule has 0 aliphatic heterocycles. The number of alkyl carbamates (subject to hydrolysis) is 1. The number of carboxylic acid groups (broad SMARTS) is 1. The summed E-state index contributed by atoms with van der Waals surface area (Å²) in [6, 6.07) is 14.8. The third kappa shape index (κ3) is 5.39. The van der Waals surface area contributed by atoms with Crippen LogP contribution in [0.15, 0.2) is 48.5 Å². The zero-order valence-electron chi connectivity index (χ0n) is 16.9. The lowest BCUT2D eigenvalue weighted by Gasteiger charge is -2.14. The van der Waals surface area contributed by atoms with Crippen LogP contribution in [0.2, 0.25) is 0 Å². The standard InChI is InChI=1S/C22H23N3O6/c1-13(21(28)29)25-20(27)11-23-19(26)10-24-22(30)31-12-18-16-8-4-2-6-14(16)15-7-3-5-9-17(15)18/h2-9,13,18H,10-12H2,1H3,(H,23,26)(H,24,30)(H,25,27)(H,28,29)/t13-/m1/s1. The van der Waals surface area contributed by atoms with E-state index >= 15 is 0 Å². The Morgan fingerprint density at radius 2 is 1.45 bits per heavy atom. The maximum atomic E-state index is 12.0. The van der Waals surface area contributed by atoms with Crippen molar-refractivity contribution in [2.75, 3.05) is 19.7 Å². The maximum absolute atomic E-state index is 12.0. The molecule has 2 aromatic carbocycles. The number of amides is 3. The first-order valence-corrected chi connectivity index (χ1v) is 9.74. The van der Waals surface area contributed by atoms with E-state index in [-0.39, 0.29) is 19.1 Å². The van der Waals surface area contributed by atoms with Crippen molar-refractivity contribution < 1.29 is 29.0 Å². The highest BCUT2D eigenvalue weighted by molar-refractivity contribution is 5.89. The van der Waals surface area contributed by atoms with Gasteiger partial charge in [0.25, 0.3) is 0 Å². The predicted molar refractivity (Wildman–Crippen MR) is 111 cm³/mol. The second kappa shape index (κ2) is 9.75. The maximum Gasteiger partial charge on any atom is 0.407 e. The van der Waals surface area contributed by atoms with Crippen molar-refractivity contribution in [1.82, 2.24) is 16.0 Å². The van der Waals surface area contributed by atoms with E-state index in [0.29, 0.717) is 0 Å². The molecule has 0 saturated carbocycles. The number of carboxylic acids is 1. The van der Waals surface area contributed by atoms with Crippen molar-refractivity contribution in [3.05, 3.63) is 59.7 Å². The summed E-state index contributed by atoms with van der Waals surface area (Å²) in [5, 5.41) is 15.6. The van der Waals surface area contributed by atoms with Crippen LogP contribution in [-0.4, -0.2) is 54.7 Å². The molecule has 1 aliphatic rings. The Bertz CT molecular complexity index is 961. The van der Waals surface area contributed by atoms with Crippen molar-refractivity contribution in [3.63, 3.8) is 0 Å². The Morgan fingerprint density at radius 1 is 0.903 bits per heavy atom. The van der Waals surface area contributed by atoms with Gasteiger partial charge in [0.2, 0.25) is 11.8 Å². The van der Waals surface area contributed by atoms with E-state index in [1.807, 2.05) is 48.5 Å². The average molecular weight is 425 g/mol. The molecule has 0 saturated heterocycles.